The monoisotopic (exact) mass is 464 g/mol. The Kier molecular flexibility index (Phi) is 6.50. The molecule has 33 heavy (non-hydrogen) atoms. The fourth-order valence-electron chi connectivity index (χ4n) is 3.16. The number of carbonyl (C=O) groups is 2. The molecule has 166 valence electrons. The number of ether oxygens (including phenoxy) is 1. The van der Waals surface area contributed by atoms with Crippen LogP contribution >= 0.6 is 11.8 Å². The lowest BCUT2D eigenvalue weighted by molar-refractivity contribution is -0.384. The zero-order valence-electron chi connectivity index (χ0n) is 17.1. The van der Waals surface area contributed by atoms with Crippen molar-refractivity contribution >= 4 is 34.7 Å². The van der Waals surface area contributed by atoms with E-state index in [0.717, 1.165) is 22.2 Å². The lowest BCUT2D eigenvalue weighted by Gasteiger charge is -2.12. The van der Waals surface area contributed by atoms with Crippen LogP contribution in [0.3, 0.4) is 0 Å². The first-order valence-corrected chi connectivity index (χ1v) is 10.7. The Morgan fingerprint density at radius 2 is 1.64 bits per heavy atom. The molecule has 7 nitrogen and oxygen atoms in total. The molecule has 1 aliphatic heterocycles. The molecule has 1 heterocycles. The van der Waals surface area contributed by atoms with E-state index in [-0.39, 0.29) is 23.7 Å². The average Bonchev–Trinajstić information content (AvgIpc) is 3.07. The molecule has 0 radical (unpaired) electrons. The predicted octanol–water partition coefficient (Wildman–Crippen LogP) is 5.55. The predicted molar refractivity (Wildman–Crippen MR) is 122 cm³/mol. The van der Waals surface area contributed by atoms with Gasteiger partial charge in [-0.05, 0) is 59.3 Å². The molecule has 4 rings (SSSR count). The Balaban J connectivity index is 1.48. The van der Waals surface area contributed by atoms with Crippen molar-refractivity contribution in [2.45, 2.75) is 13.2 Å². The van der Waals surface area contributed by atoms with Crippen LogP contribution in [0.2, 0.25) is 0 Å². The summed E-state index contributed by atoms with van der Waals surface area (Å²) in [6, 6.07) is 18.7. The summed E-state index contributed by atoms with van der Waals surface area (Å²) >= 11 is 0.832. The maximum Gasteiger partial charge on any atom is 0.293 e. The Labute approximate surface area is 192 Å². The molecule has 0 atom stereocenters. The van der Waals surface area contributed by atoms with E-state index in [1.807, 2.05) is 0 Å². The van der Waals surface area contributed by atoms with Gasteiger partial charge in [-0.1, -0.05) is 30.3 Å². The molecule has 0 aliphatic carbocycles. The van der Waals surface area contributed by atoms with Gasteiger partial charge in [0.25, 0.3) is 16.8 Å². The van der Waals surface area contributed by atoms with E-state index >= 15 is 0 Å². The zero-order valence-corrected chi connectivity index (χ0v) is 18.0. The number of carbonyl (C=O) groups excluding carboxylic acids is 2. The van der Waals surface area contributed by atoms with Crippen molar-refractivity contribution in [1.29, 1.82) is 0 Å². The first-order chi connectivity index (χ1) is 15.9. The van der Waals surface area contributed by atoms with Crippen molar-refractivity contribution in [1.82, 2.24) is 4.90 Å². The number of rotatable bonds is 7. The van der Waals surface area contributed by atoms with Crippen molar-refractivity contribution in [3.63, 3.8) is 0 Å². The second-order valence-corrected chi connectivity index (χ2v) is 8.14. The van der Waals surface area contributed by atoms with E-state index in [1.165, 1.54) is 36.4 Å². The fraction of sp³-hybridized carbons (Fsp3) is 0.0833. The van der Waals surface area contributed by atoms with Gasteiger partial charge in [0.15, 0.2) is 0 Å². The number of halogens is 1. The highest BCUT2D eigenvalue weighted by molar-refractivity contribution is 8.18. The van der Waals surface area contributed by atoms with Gasteiger partial charge in [0.2, 0.25) is 0 Å². The minimum atomic E-state index is -0.469. The van der Waals surface area contributed by atoms with Crippen LogP contribution in [0.4, 0.5) is 14.9 Å². The Morgan fingerprint density at radius 1 is 0.970 bits per heavy atom. The molecular weight excluding hydrogens is 447 g/mol. The summed E-state index contributed by atoms with van der Waals surface area (Å²) in [5, 5.41) is 10.4. The van der Waals surface area contributed by atoms with Crippen molar-refractivity contribution in [3.8, 4) is 5.75 Å². The van der Waals surface area contributed by atoms with Crippen LogP contribution in [-0.4, -0.2) is 21.0 Å². The maximum atomic E-state index is 13.1. The maximum absolute atomic E-state index is 13.1. The number of para-hydroxylation sites is 1. The number of nitro benzene ring substituents is 1. The number of benzene rings is 3. The standard InChI is InChI=1S/C24H17FN2O5S/c25-19-9-5-16(6-10-19)14-26-23(28)22(33-24(26)29)13-18-3-1-2-4-21(18)32-15-17-7-11-20(12-8-17)27(30)31/h1-13H,14-15H2/b22-13-. The molecule has 0 aromatic heterocycles. The molecule has 1 saturated heterocycles. The van der Waals surface area contributed by atoms with Crippen LogP contribution in [0.1, 0.15) is 16.7 Å². The quantitative estimate of drug-likeness (QED) is 0.259. The summed E-state index contributed by atoms with van der Waals surface area (Å²) in [4.78, 5) is 36.9. The van der Waals surface area contributed by atoms with E-state index in [1.54, 1.807) is 42.5 Å². The summed E-state index contributed by atoms with van der Waals surface area (Å²) < 4.78 is 19.0. The smallest absolute Gasteiger partial charge is 0.293 e. The molecule has 0 bridgehead atoms. The van der Waals surface area contributed by atoms with Crippen molar-refractivity contribution in [2.24, 2.45) is 0 Å². The molecule has 9 heteroatoms. The van der Waals surface area contributed by atoms with E-state index in [2.05, 4.69) is 0 Å². The van der Waals surface area contributed by atoms with Gasteiger partial charge in [-0.2, -0.15) is 0 Å². The molecule has 3 aromatic carbocycles. The van der Waals surface area contributed by atoms with Crippen molar-refractivity contribution in [3.05, 3.63) is 110 Å². The lowest BCUT2D eigenvalue weighted by atomic mass is 10.1. The second kappa shape index (κ2) is 9.66. The van der Waals surface area contributed by atoms with Gasteiger partial charge < -0.3 is 4.74 Å². The van der Waals surface area contributed by atoms with Gasteiger partial charge >= 0.3 is 0 Å². The van der Waals surface area contributed by atoms with Gasteiger partial charge in [0, 0.05) is 17.7 Å². The fourth-order valence-corrected chi connectivity index (χ4v) is 3.99. The molecule has 0 spiro atoms. The van der Waals surface area contributed by atoms with Gasteiger partial charge in [-0.3, -0.25) is 24.6 Å². The van der Waals surface area contributed by atoms with E-state index in [0.29, 0.717) is 16.9 Å². The zero-order chi connectivity index (χ0) is 23.4. The molecule has 1 aliphatic rings. The van der Waals surface area contributed by atoms with Crippen LogP contribution in [0.5, 0.6) is 5.75 Å². The molecule has 0 N–H and O–H groups in total. The highest BCUT2D eigenvalue weighted by Gasteiger charge is 2.35. The highest BCUT2D eigenvalue weighted by atomic mass is 32.2. The summed E-state index contributed by atoms with van der Waals surface area (Å²) in [6.07, 6.45) is 1.60. The first-order valence-electron chi connectivity index (χ1n) is 9.86. The van der Waals surface area contributed by atoms with Crippen molar-refractivity contribution in [2.75, 3.05) is 0 Å². The lowest BCUT2D eigenvalue weighted by Crippen LogP contribution is -2.27. The number of amides is 2. The van der Waals surface area contributed by atoms with Crippen LogP contribution in [0.15, 0.2) is 77.7 Å². The summed E-state index contributed by atoms with van der Waals surface area (Å²) in [5.41, 5.74) is 2.00. The molecule has 0 unspecified atom stereocenters. The second-order valence-electron chi connectivity index (χ2n) is 7.14. The summed E-state index contributed by atoms with van der Waals surface area (Å²) in [7, 11) is 0. The first kappa shape index (κ1) is 22.2. The average molecular weight is 464 g/mol. The van der Waals surface area contributed by atoms with Crippen LogP contribution in [-0.2, 0) is 17.9 Å². The summed E-state index contributed by atoms with van der Waals surface area (Å²) in [6.45, 7) is 0.232. The van der Waals surface area contributed by atoms with E-state index in [9.17, 15) is 24.1 Å². The minimum absolute atomic E-state index is 0.00415. The SMILES string of the molecule is O=C1S/C(=C\c2ccccc2OCc2ccc([N+](=O)[O-])cc2)C(=O)N1Cc1ccc(F)cc1. The number of non-ortho nitro benzene ring substituents is 1. The molecule has 3 aromatic rings. The van der Waals surface area contributed by atoms with Gasteiger partial charge in [0.1, 0.15) is 18.2 Å². The Bertz CT molecular complexity index is 1240. The molecule has 0 saturated carbocycles. The van der Waals surface area contributed by atoms with E-state index < -0.39 is 21.9 Å². The Morgan fingerprint density at radius 3 is 2.33 bits per heavy atom. The number of nitrogens with zero attached hydrogens (tertiary/aromatic N) is 2. The number of thioether (sulfide) groups is 1. The summed E-state index contributed by atoms with van der Waals surface area (Å²) in [5.74, 6) is -0.321. The minimum Gasteiger partial charge on any atom is -0.488 e. The topological polar surface area (TPSA) is 89.7 Å². The van der Waals surface area contributed by atoms with Gasteiger partial charge in [-0.15, -0.1) is 0 Å². The van der Waals surface area contributed by atoms with Gasteiger partial charge in [-0.25, -0.2) is 4.39 Å². The van der Waals surface area contributed by atoms with Gasteiger partial charge in [0.05, 0.1) is 16.4 Å². The number of hydrogen-bond donors (Lipinski definition) is 0. The number of nitro groups is 1. The third-order valence-corrected chi connectivity index (χ3v) is 5.78. The van der Waals surface area contributed by atoms with Crippen LogP contribution in [0, 0.1) is 15.9 Å². The Hall–Kier alpha value is -3.98. The van der Waals surface area contributed by atoms with E-state index in [4.69, 9.17) is 4.74 Å². The normalized spacial score (nSPS) is 14.7. The number of imide groups is 1. The molecular formula is C24H17FN2O5S. The van der Waals surface area contributed by atoms with Crippen LogP contribution in [0.25, 0.3) is 6.08 Å². The largest absolute Gasteiger partial charge is 0.488 e. The van der Waals surface area contributed by atoms with Crippen LogP contribution < -0.4 is 4.74 Å². The molecule has 2 amide bonds. The third-order valence-electron chi connectivity index (χ3n) is 4.87. The number of hydrogen-bond acceptors (Lipinski definition) is 6. The van der Waals surface area contributed by atoms with Crippen molar-refractivity contribution < 1.29 is 23.6 Å². The molecule has 1 fully saturated rings. The highest BCUT2D eigenvalue weighted by Crippen LogP contribution is 2.35. The third kappa shape index (κ3) is 5.27.